The molecular formula is C16H19NO2S. The van der Waals surface area contributed by atoms with Crippen molar-refractivity contribution in [3.8, 4) is 0 Å². The highest BCUT2D eigenvalue weighted by Crippen LogP contribution is 2.33. The zero-order valence-electron chi connectivity index (χ0n) is 11.9. The highest BCUT2D eigenvalue weighted by molar-refractivity contribution is 8.14. The van der Waals surface area contributed by atoms with Crippen LogP contribution < -0.4 is 4.90 Å². The van der Waals surface area contributed by atoms with Crippen LogP contribution in [0, 0.1) is 13.8 Å². The van der Waals surface area contributed by atoms with E-state index in [-0.39, 0.29) is 23.5 Å². The molecule has 1 fully saturated rings. The first-order chi connectivity index (χ1) is 9.56. The molecule has 1 amide bonds. The van der Waals surface area contributed by atoms with Gasteiger partial charge >= 0.3 is 0 Å². The summed E-state index contributed by atoms with van der Waals surface area (Å²) >= 11 is 1.32. The first-order valence-electron chi connectivity index (χ1n) is 6.72. The molecule has 1 aliphatic heterocycles. The van der Waals surface area contributed by atoms with Gasteiger partial charge in [-0.3, -0.25) is 9.59 Å². The van der Waals surface area contributed by atoms with E-state index in [9.17, 15) is 9.59 Å². The molecule has 0 bridgehead atoms. The van der Waals surface area contributed by atoms with E-state index in [0.717, 1.165) is 29.0 Å². The van der Waals surface area contributed by atoms with Crippen molar-refractivity contribution in [2.24, 2.45) is 0 Å². The second kappa shape index (κ2) is 6.27. The molecule has 4 heteroatoms. The van der Waals surface area contributed by atoms with Crippen LogP contribution in [0.15, 0.2) is 30.9 Å². The summed E-state index contributed by atoms with van der Waals surface area (Å²) in [4.78, 5) is 26.2. The zero-order valence-corrected chi connectivity index (χ0v) is 12.7. The average Bonchev–Trinajstić information content (AvgIpc) is 2.80. The van der Waals surface area contributed by atoms with E-state index < -0.39 is 0 Å². The van der Waals surface area contributed by atoms with Crippen molar-refractivity contribution in [1.82, 2.24) is 0 Å². The van der Waals surface area contributed by atoms with E-state index in [4.69, 9.17) is 0 Å². The van der Waals surface area contributed by atoms with Crippen LogP contribution in [0.1, 0.15) is 24.0 Å². The van der Waals surface area contributed by atoms with E-state index in [2.05, 4.69) is 6.58 Å². The molecule has 0 saturated carbocycles. The number of rotatable bonds is 4. The normalized spacial score (nSPS) is 18.1. The lowest BCUT2D eigenvalue weighted by atomic mass is 10.0. The molecule has 1 aromatic rings. The number of hydrogen-bond donors (Lipinski definition) is 0. The maximum absolute atomic E-state index is 12.5. The fraction of sp³-hybridized carbons (Fsp3) is 0.375. The topological polar surface area (TPSA) is 37.4 Å². The molecule has 1 atom stereocenters. The van der Waals surface area contributed by atoms with Gasteiger partial charge in [0.15, 0.2) is 0 Å². The maximum atomic E-state index is 12.5. The van der Waals surface area contributed by atoms with Crippen molar-refractivity contribution in [2.45, 2.75) is 32.7 Å². The Balaban J connectivity index is 2.48. The molecule has 106 valence electrons. The smallest absolute Gasteiger partial charge is 0.231 e. The van der Waals surface area contributed by atoms with E-state index >= 15 is 0 Å². The van der Waals surface area contributed by atoms with E-state index in [1.807, 2.05) is 32.0 Å². The maximum Gasteiger partial charge on any atom is 0.231 e. The number of carbonyl (C=O) groups excluding carboxylic acids is 2. The summed E-state index contributed by atoms with van der Waals surface area (Å²) in [7, 11) is 0. The third kappa shape index (κ3) is 2.80. The first kappa shape index (κ1) is 14.9. The highest BCUT2D eigenvalue weighted by atomic mass is 32.2. The Kier molecular flexibility index (Phi) is 4.65. The van der Waals surface area contributed by atoms with Crippen LogP contribution in [0.5, 0.6) is 0 Å². The number of para-hydroxylation sites is 1. The van der Waals surface area contributed by atoms with Crippen molar-refractivity contribution in [2.75, 3.05) is 10.7 Å². The third-order valence-electron chi connectivity index (χ3n) is 3.49. The Labute approximate surface area is 124 Å². The molecular weight excluding hydrogens is 270 g/mol. The summed E-state index contributed by atoms with van der Waals surface area (Å²) in [5.41, 5.74) is 2.92. The zero-order chi connectivity index (χ0) is 14.7. The molecule has 1 unspecified atom stereocenters. The number of thioether (sulfide) groups is 1. The van der Waals surface area contributed by atoms with Gasteiger partial charge in [0.05, 0.1) is 5.69 Å². The standard InChI is InChI=1S/C16H19NO2S/c1-4-6-14(18)17(13-9-10-20-16(13)19)15-11(2)7-5-8-12(15)3/h4-5,7-8,13H,1,6,9-10H2,2-3H3. The van der Waals surface area contributed by atoms with Gasteiger partial charge in [0.1, 0.15) is 6.04 Å². The number of carbonyl (C=O) groups is 2. The van der Waals surface area contributed by atoms with Gasteiger partial charge in [-0.1, -0.05) is 36.0 Å². The third-order valence-corrected chi connectivity index (χ3v) is 4.48. The molecule has 0 radical (unpaired) electrons. The minimum atomic E-state index is -0.341. The quantitative estimate of drug-likeness (QED) is 0.799. The number of nitrogens with zero attached hydrogens (tertiary/aromatic N) is 1. The summed E-state index contributed by atoms with van der Waals surface area (Å²) in [6, 6.07) is 5.58. The Morgan fingerprint density at radius 3 is 2.60 bits per heavy atom. The number of anilines is 1. The molecule has 3 nitrogen and oxygen atoms in total. The predicted octanol–water partition coefficient (Wildman–Crippen LogP) is 3.24. The highest BCUT2D eigenvalue weighted by Gasteiger charge is 2.35. The van der Waals surface area contributed by atoms with Gasteiger partial charge in [0.2, 0.25) is 11.0 Å². The molecule has 1 heterocycles. The Bertz CT molecular complexity index is 533. The minimum absolute atomic E-state index is 0.0572. The molecule has 20 heavy (non-hydrogen) atoms. The largest absolute Gasteiger partial charge is 0.300 e. The predicted molar refractivity (Wildman–Crippen MR) is 84.1 cm³/mol. The van der Waals surface area contributed by atoms with Crippen LogP contribution in [0.25, 0.3) is 0 Å². The molecule has 0 aromatic heterocycles. The second-order valence-corrected chi connectivity index (χ2v) is 6.07. The van der Waals surface area contributed by atoms with E-state index in [0.29, 0.717) is 0 Å². The summed E-state index contributed by atoms with van der Waals surface area (Å²) in [5, 5.41) is 0.0880. The van der Waals surface area contributed by atoms with Crippen LogP contribution in [0.2, 0.25) is 0 Å². The van der Waals surface area contributed by atoms with Gasteiger partial charge in [0, 0.05) is 12.2 Å². The molecule has 1 saturated heterocycles. The average molecular weight is 289 g/mol. The number of amides is 1. The monoisotopic (exact) mass is 289 g/mol. The van der Waals surface area contributed by atoms with Crippen molar-refractivity contribution >= 4 is 28.5 Å². The van der Waals surface area contributed by atoms with Crippen LogP contribution >= 0.6 is 11.8 Å². The number of aryl methyl sites for hydroxylation is 2. The molecule has 0 aliphatic carbocycles. The molecule has 0 spiro atoms. The first-order valence-corrected chi connectivity index (χ1v) is 7.70. The molecule has 0 N–H and O–H groups in total. The number of benzene rings is 1. The summed E-state index contributed by atoms with van der Waals surface area (Å²) in [5.74, 6) is 0.727. The van der Waals surface area contributed by atoms with Crippen LogP contribution in [-0.2, 0) is 9.59 Å². The van der Waals surface area contributed by atoms with E-state index in [1.54, 1.807) is 11.0 Å². The van der Waals surface area contributed by atoms with Gasteiger partial charge in [-0.15, -0.1) is 6.58 Å². The van der Waals surface area contributed by atoms with Crippen molar-refractivity contribution in [3.63, 3.8) is 0 Å². The summed E-state index contributed by atoms with van der Waals surface area (Å²) < 4.78 is 0. The van der Waals surface area contributed by atoms with Gasteiger partial charge in [-0.25, -0.2) is 0 Å². The van der Waals surface area contributed by atoms with Crippen LogP contribution in [0.4, 0.5) is 5.69 Å². The summed E-state index contributed by atoms with van der Waals surface area (Å²) in [6.45, 7) is 7.58. The van der Waals surface area contributed by atoms with Crippen LogP contribution in [0.3, 0.4) is 0 Å². The van der Waals surface area contributed by atoms with Crippen molar-refractivity contribution in [3.05, 3.63) is 42.0 Å². The van der Waals surface area contributed by atoms with Gasteiger partial charge in [0.25, 0.3) is 0 Å². The molecule has 1 aromatic carbocycles. The lowest BCUT2D eigenvalue weighted by Crippen LogP contribution is -2.43. The minimum Gasteiger partial charge on any atom is -0.300 e. The number of hydrogen-bond acceptors (Lipinski definition) is 3. The lowest BCUT2D eigenvalue weighted by Gasteiger charge is -2.30. The summed E-state index contributed by atoms with van der Waals surface area (Å²) in [6.07, 6.45) is 2.57. The van der Waals surface area contributed by atoms with Gasteiger partial charge < -0.3 is 4.90 Å². The van der Waals surface area contributed by atoms with Gasteiger partial charge in [-0.2, -0.15) is 0 Å². The molecule has 1 aliphatic rings. The van der Waals surface area contributed by atoms with Crippen LogP contribution in [-0.4, -0.2) is 22.8 Å². The Morgan fingerprint density at radius 2 is 2.10 bits per heavy atom. The van der Waals surface area contributed by atoms with Crippen molar-refractivity contribution < 1.29 is 9.59 Å². The van der Waals surface area contributed by atoms with Gasteiger partial charge in [-0.05, 0) is 31.4 Å². The second-order valence-electron chi connectivity index (χ2n) is 4.97. The Morgan fingerprint density at radius 1 is 1.45 bits per heavy atom. The SMILES string of the molecule is C=CCC(=O)N(c1c(C)cccc1C)C1CCSC1=O. The molecule has 2 rings (SSSR count). The van der Waals surface area contributed by atoms with E-state index in [1.165, 1.54) is 11.8 Å². The fourth-order valence-corrected chi connectivity index (χ4v) is 3.54. The lowest BCUT2D eigenvalue weighted by molar-refractivity contribution is -0.121. The van der Waals surface area contributed by atoms with Crippen molar-refractivity contribution in [1.29, 1.82) is 0 Å². The fourth-order valence-electron chi connectivity index (χ4n) is 2.58. The Hall–Kier alpha value is -1.55.